The normalized spacial score (nSPS) is 11.4. The first-order valence-corrected chi connectivity index (χ1v) is 6.09. The van der Waals surface area contributed by atoms with E-state index in [1.165, 1.54) is 6.07 Å². The highest BCUT2D eigenvalue weighted by molar-refractivity contribution is 6.32. The molecule has 2 aromatic carbocycles. The summed E-state index contributed by atoms with van der Waals surface area (Å²) >= 11 is 5.78. The number of nitrogens with two attached hydrogens (primary N) is 1. The van der Waals surface area contributed by atoms with E-state index in [4.69, 9.17) is 22.1 Å². The fraction of sp³-hybridized carbons (Fsp3) is 0.0714. The number of methoxy groups -OCH3 is 1. The third kappa shape index (κ3) is 2.95. The Kier molecular flexibility index (Phi) is 4.00. The van der Waals surface area contributed by atoms with E-state index in [1.54, 1.807) is 31.4 Å². The molecular formula is C14H13ClN2O3. The van der Waals surface area contributed by atoms with Crippen LogP contribution in [-0.4, -0.2) is 23.2 Å². The highest BCUT2D eigenvalue weighted by Gasteiger charge is 2.10. The molecule has 2 rings (SSSR count). The zero-order chi connectivity index (χ0) is 14.7. The van der Waals surface area contributed by atoms with Crippen molar-refractivity contribution in [2.45, 2.75) is 0 Å². The van der Waals surface area contributed by atoms with Crippen molar-refractivity contribution in [3.8, 4) is 17.2 Å². The summed E-state index contributed by atoms with van der Waals surface area (Å²) < 4.78 is 5.04. The van der Waals surface area contributed by atoms with Gasteiger partial charge in [-0.15, -0.1) is 0 Å². The van der Waals surface area contributed by atoms with Crippen molar-refractivity contribution in [2.24, 2.45) is 10.7 Å². The first kappa shape index (κ1) is 14.0. The highest BCUT2D eigenvalue weighted by Crippen LogP contribution is 2.31. The summed E-state index contributed by atoms with van der Waals surface area (Å²) in [5, 5.41) is 19.2. The van der Waals surface area contributed by atoms with Gasteiger partial charge < -0.3 is 20.7 Å². The number of halogens is 1. The van der Waals surface area contributed by atoms with Crippen molar-refractivity contribution in [1.82, 2.24) is 0 Å². The summed E-state index contributed by atoms with van der Waals surface area (Å²) in [5.41, 5.74) is 6.69. The van der Waals surface area contributed by atoms with E-state index >= 15 is 0 Å². The second-order valence-corrected chi connectivity index (χ2v) is 4.42. The van der Waals surface area contributed by atoms with E-state index in [9.17, 15) is 10.2 Å². The van der Waals surface area contributed by atoms with Crippen molar-refractivity contribution < 1.29 is 14.9 Å². The fourth-order valence-electron chi connectivity index (χ4n) is 1.61. The maximum Gasteiger partial charge on any atom is 0.137 e. The number of rotatable bonds is 3. The fourth-order valence-corrected chi connectivity index (χ4v) is 1.78. The van der Waals surface area contributed by atoms with Gasteiger partial charge in [-0.25, -0.2) is 4.99 Å². The number of hydrogen-bond acceptors (Lipinski definition) is 4. The summed E-state index contributed by atoms with van der Waals surface area (Å²) in [6, 6.07) is 9.42. The summed E-state index contributed by atoms with van der Waals surface area (Å²) in [4.78, 5) is 4.17. The third-order valence-corrected chi connectivity index (χ3v) is 2.97. The molecule has 0 saturated carbocycles. The molecule has 0 amide bonds. The minimum absolute atomic E-state index is 0.0886. The average Bonchev–Trinajstić information content (AvgIpc) is 2.43. The van der Waals surface area contributed by atoms with Crippen molar-refractivity contribution in [3.05, 3.63) is 47.0 Å². The van der Waals surface area contributed by atoms with Gasteiger partial charge in [-0.2, -0.15) is 0 Å². The predicted octanol–water partition coefficient (Wildman–Crippen LogP) is 2.80. The molecule has 0 aliphatic carbocycles. The van der Waals surface area contributed by atoms with Crippen LogP contribution in [0.3, 0.4) is 0 Å². The zero-order valence-corrected chi connectivity index (χ0v) is 11.4. The number of amidine groups is 1. The van der Waals surface area contributed by atoms with Crippen molar-refractivity contribution in [1.29, 1.82) is 0 Å². The second-order valence-electron chi connectivity index (χ2n) is 4.02. The van der Waals surface area contributed by atoms with Crippen molar-refractivity contribution >= 4 is 23.1 Å². The first-order chi connectivity index (χ1) is 9.51. The number of ether oxygens (including phenoxy) is 1. The van der Waals surface area contributed by atoms with Crippen LogP contribution in [0.25, 0.3) is 0 Å². The average molecular weight is 293 g/mol. The molecule has 0 atom stereocenters. The van der Waals surface area contributed by atoms with Crippen LogP contribution in [0.1, 0.15) is 5.56 Å². The molecular weight excluding hydrogens is 280 g/mol. The molecule has 0 heterocycles. The van der Waals surface area contributed by atoms with Crippen LogP contribution in [0, 0.1) is 0 Å². The van der Waals surface area contributed by atoms with Gasteiger partial charge in [-0.3, -0.25) is 0 Å². The summed E-state index contributed by atoms with van der Waals surface area (Å²) in [7, 11) is 1.57. The molecule has 104 valence electrons. The Bertz CT molecular complexity index is 654. The Morgan fingerprint density at radius 1 is 1.15 bits per heavy atom. The molecule has 6 heteroatoms. The molecule has 0 fully saturated rings. The molecule has 0 aliphatic heterocycles. The third-order valence-electron chi connectivity index (χ3n) is 2.66. The quantitative estimate of drug-likeness (QED) is 0.599. The van der Waals surface area contributed by atoms with Gasteiger partial charge in [0.2, 0.25) is 0 Å². The minimum Gasteiger partial charge on any atom is -0.507 e. The number of aliphatic imine (C=N–C) groups is 1. The molecule has 0 unspecified atom stereocenters. The first-order valence-electron chi connectivity index (χ1n) is 5.71. The summed E-state index contributed by atoms with van der Waals surface area (Å²) in [6.07, 6.45) is 0. The standard InChI is InChI=1S/C14H13ClN2O3/c1-20-9-4-2-8(3-5-9)17-14(16)10-6-11(15)13(19)7-12(10)18/h2-7,18-19H,1H3,(H2,16,17). The lowest BCUT2D eigenvalue weighted by Crippen LogP contribution is -2.13. The van der Waals surface area contributed by atoms with E-state index in [0.717, 1.165) is 6.07 Å². The maximum atomic E-state index is 9.75. The summed E-state index contributed by atoms with van der Waals surface area (Å²) in [6.45, 7) is 0. The molecule has 0 aliphatic rings. The van der Waals surface area contributed by atoms with Gasteiger partial charge in [0, 0.05) is 6.07 Å². The number of nitrogens with zero attached hydrogens (tertiary/aromatic N) is 1. The number of phenols is 2. The van der Waals surface area contributed by atoms with Gasteiger partial charge in [0.1, 0.15) is 23.1 Å². The van der Waals surface area contributed by atoms with Crippen LogP contribution < -0.4 is 10.5 Å². The maximum absolute atomic E-state index is 9.75. The Morgan fingerprint density at radius 3 is 2.40 bits per heavy atom. The van der Waals surface area contributed by atoms with Gasteiger partial charge in [0.05, 0.1) is 23.4 Å². The lowest BCUT2D eigenvalue weighted by molar-refractivity contribution is 0.415. The second kappa shape index (κ2) is 5.71. The van der Waals surface area contributed by atoms with Crippen LogP contribution >= 0.6 is 11.6 Å². The lowest BCUT2D eigenvalue weighted by Gasteiger charge is -2.06. The SMILES string of the molecule is COc1ccc(N=C(N)c2cc(Cl)c(O)cc2O)cc1. The van der Waals surface area contributed by atoms with Crippen LogP contribution in [0.4, 0.5) is 5.69 Å². The lowest BCUT2D eigenvalue weighted by atomic mass is 10.1. The van der Waals surface area contributed by atoms with Gasteiger partial charge in [-0.05, 0) is 30.3 Å². The molecule has 4 N–H and O–H groups in total. The van der Waals surface area contributed by atoms with Crippen molar-refractivity contribution in [3.63, 3.8) is 0 Å². The minimum atomic E-state index is -0.217. The Morgan fingerprint density at radius 2 is 1.80 bits per heavy atom. The van der Waals surface area contributed by atoms with Gasteiger partial charge in [0.25, 0.3) is 0 Å². The van der Waals surface area contributed by atoms with E-state index in [2.05, 4.69) is 4.99 Å². The largest absolute Gasteiger partial charge is 0.507 e. The predicted molar refractivity (Wildman–Crippen MR) is 78.2 cm³/mol. The molecule has 0 saturated heterocycles. The molecule has 5 nitrogen and oxygen atoms in total. The van der Waals surface area contributed by atoms with E-state index in [-0.39, 0.29) is 27.9 Å². The zero-order valence-electron chi connectivity index (χ0n) is 10.7. The van der Waals surface area contributed by atoms with Gasteiger partial charge >= 0.3 is 0 Å². The number of hydrogen-bond donors (Lipinski definition) is 3. The monoisotopic (exact) mass is 292 g/mol. The molecule has 2 aromatic rings. The van der Waals surface area contributed by atoms with Crippen LogP contribution in [0.2, 0.25) is 5.02 Å². The summed E-state index contributed by atoms with van der Waals surface area (Å²) in [5.74, 6) is 0.388. The molecule has 0 radical (unpaired) electrons. The number of phenolic OH excluding ortho intramolecular Hbond substituents is 2. The van der Waals surface area contributed by atoms with Crippen LogP contribution in [0.5, 0.6) is 17.2 Å². The van der Waals surface area contributed by atoms with Gasteiger partial charge in [-0.1, -0.05) is 11.6 Å². The molecule has 0 spiro atoms. The molecule has 0 bridgehead atoms. The smallest absolute Gasteiger partial charge is 0.137 e. The Labute approximate surface area is 120 Å². The van der Waals surface area contributed by atoms with Crippen LogP contribution in [-0.2, 0) is 0 Å². The van der Waals surface area contributed by atoms with Crippen molar-refractivity contribution in [2.75, 3.05) is 7.11 Å². The topological polar surface area (TPSA) is 88.1 Å². The molecule has 0 aromatic heterocycles. The van der Waals surface area contributed by atoms with E-state index < -0.39 is 0 Å². The van der Waals surface area contributed by atoms with E-state index in [1.807, 2.05) is 0 Å². The Hall–Kier alpha value is -2.40. The number of aromatic hydroxyl groups is 2. The highest BCUT2D eigenvalue weighted by atomic mass is 35.5. The number of benzene rings is 2. The molecule has 20 heavy (non-hydrogen) atoms. The van der Waals surface area contributed by atoms with E-state index in [0.29, 0.717) is 11.4 Å². The van der Waals surface area contributed by atoms with Crippen LogP contribution in [0.15, 0.2) is 41.4 Å². The Balaban J connectivity index is 2.36. The van der Waals surface area contributed by atoms with Gasteiger partial charge in [0.15, 0.2) is 0 Å².